The monoisotopic (exact) mass is 350 g/mol. The zero-order chi connectivity index (χ0) is 15.4. The molecule has 2 aromatic rings. The molecule has 1 N–H and O–H groups in total. The number of carbonyl (C=O) groups is 1. The van der Waals surface area contributed by atoms with Crippen molar-refractivity contribution in [3.63, 3.8) is 0 Å². The smallest absolute Gasteiger partial charge is 0.328 e. The molecule has 0 aliphatic carbocycles. The molecule has 108 valence electrons. The van der Waals surface area contributed by atoms with Gasteiger partial charge >= 0.3 is 5.97 Å². The Balaban J connectivity index is 2.25. The largest absolute Gasteiger partial charge is 0.478 e. The Morgan fingerprint density at radius 2 is 2.05 bits per heavy atom. The van der Waals surface area contributed by atoms with Gasteiger partial charge in [-0.25, -0.2) is 9.18 Å². The summed E-state index contributed by atoms with van der Waals surface area (Å²) in [5.74, 6) is -0.830. The highest BCUT2D eigenvalue weighted by Gasteiger charge is 2.09. The minimum Gasteiger partial charge on any atom is -0.478 e. The predicted octanol–water partition coefficient (Wildman–Crippen LogP) is 4.79. The van der Waals surface area contributed by atoms with E-state index in [0.29, 0.717) is 21.3 Å². The standard InChI is InChI=1S/C16H12BrFO3/c1-10-3-2-4-14(16(10)18)21-13-7-5-11(9-12(13)17)6-8-15(19)20/h2-9H,1H3,(H,19,20)/b8-6+. The summed E-state index contributed by atoms with van der Waals surface area (Å²) in [5.41, 5.74) is 1.20. The summed E-state index contributed by atoms with van der Waals surface area (Å²) in [7, 11) is 0. The van der Waals surface area contributed by atoms with Gasteiger partial charge in [-0.3, -0.25) is 0 Å². The summed E-state index contributed by atoms with van der Waals surface area (Å²) in [5, 5.41) is 8.59. The second-order valence-corrected chi connectivity index (χ2v) is 5.20. The molecule has 2 rings (SSSR count). The van der Waals surface area contributed by atoms with Crippen LogP contribution in [0.3, 0.4) is 0 Å². The van der Waals surface area contributed by atoms with Crippen LogP contribution in [0.5, 0.6) is 11.5 Å². The highest BCUT2D eigenvalue weighted by Crippen LogP contribution is 2.32. The molecule has 0 saturated carbocycles. The van der Waals surface area contributed by atoms with Gasteiger partial charge in [0.05, 0.1) is 4.47 Å². The second kappa shape index (κ2) is 6.54. The van der Waals surface area contributed by atoms with E-state index in [9.17, 15) is 9.18 Å². The van der Waals surface area contributed by atoms with Crippen LogP contribution in [-0.4, -0.2) is 11.1 Å². The van der Waals surface area contributed by atoms with Gasteiger partial charge in [0, 0.05) is 6.08 Å². The van der Waals surface area contributed by atoms with Gasteiger partial charge in [-0.15, -0.1) is 0 Å². The van der Waals surface area contributed by atoms with E-state index in [4.69, 9.17) is 9.84 Å². The minimum atomic E-state index is -1.02. The van der Waals surface area contributed by atoms with Gasteiger partial charge in [-0.2, -0.15) is 0 Å². The Morgan fingerprint density at radius 3 is 2.71 bits per heavy atom. The van der Waals surface area contributed by atoms with Crippen LogP contribution in [0, 0.1) is 12.7 Å². The van der Waals surface area contributed by atoms with Crippen LogP contribution < -0.4 is 4.74 Å². The number of carboxylic acid groups (broad SMARTS) is 1. The maximum absolute atomic E-state index is 13.9. The third-order valence-corrected chi connectivity index (χ3v) is 3.37. The molecule has 0 unspecified atom stereocenters. The Bertz CT molecular complexity index is 711. The molecule has 0 bridgehead atoms. The molecule has 0 saturated heterocycles. The van der Waals surface area contributed by atoms with E-state index in [1.54, 1.807) is 43.3 Å². The van der Waals surface area contributed by atoms with Gasteiger partial charge in [-0.05, 0) is 58.3 Å². The van der Waals surface area contributed by atoms with E-state index in [-0.39, 0.29) is 5.75 Å². The normalized spacial score (nSPS) is 10.8. The number of carboxylic acids is 1. The van der Waals surface area contributed by atoms with Crippen molar-refractivity contribution in [3.8, 4) is 11.5 Å². The Hall–Kier alpha value is -2.14. The quantitative estimate of drug-likeness (QED) is 0.806. The van der Waals surface area contributed by atoms with Crippen molar-refractivity contribution in [2.24, 2.45) is 0 Å². The molecule has 5 heteroatoms. The topological polar surface area (TPSA) is 46.5 Å². The van der Waals surface area contributed by atoms with Crippen LogP contribution in [-0.2, 0) is 4.79 Å². The van der Waals surface area contributed by atoms with Crippen molar-refractivity contribution in [2.75, 3.05) is 0 Å². The summed E-state index contributed by atoms with van der Waals surface area (Å²) in [4.78, 5) is 10.5. The number of rotatable bonds is 4. The lowest BCUT2D eigenvalue weighted by atomic mass is 10.2. The fraction of sp³-hybridized carbons (Fsp3) is 0.0625. The summed E-state index contributed by atoms with van der Waals surface area (Å²) >= 11 is 3.33. The van der Waals surface area contributed by atoms with Crippen molar-refractivity contribution in [3.05, 3.63) is 63.9 Å². The lowest BCUT2D eigenvalue weighted by Crippen LogP contribution is -1.92. The fourth-order valence-electron chi connectivity index (χ4n) is 1.69. The number of aryl methyl sites for hydroxylation is 1. The number of hydrogen-bond donors (Lipinski definition) is 1. The van der Waals surface area contributed by atoms with Crippen LogP contribution in [0.1, 0.15) is 11.1 Å². The molecule has 0 aromatic heterocycles. The number of aliphatic carboxylic acids is 1. The zero-order valence-corrected chi connectivity index (χ0v) is 12.7. The van der Waals surface area contributed by atoms with E-state index in [1.165, 1.54) is 6.08 Å². The van der Waals surface area contributed by atoms with E-state index in [2.05, 4.69) is 15.9 Å². The van der Waals surface area contributed by atoms with Gasteiger partial charge in [0.15, 0.2) is 11.6 Å². The molecule has 21 heavy (non-hydrogen) atoms. The van der Waals surface area contributed by atoms with E-state index >= 15 is 0 Å². The lowest BCUT2D eigenvalue weighted by molar-refractivity contribution is -0.131. The second-order valence-electron chi connectivity index (χ2n) is 4.35. The molecule has 3 nitrogen and oxygen atoms in total. The SMILES string of the molecule is Cc1cccc(Oc2ccc(/C=C/C(=O)O)cc2Br)c1F. The first-order valence-electron chi connectivity index (χ1n) is 6.11. The first-order valence-corrected chi connectivity index (χ1v) is 6.90. The summed E-state index contributed by atoms with van der Waals surface area (Å²) in [6.07, 6.45) is 2.51. The Kier molecular flexibility index (Phi) is 4.75. The molecule has 0 amide bonds. The van der Waals surface area contributed by atoms with Gasteiger partial charge in [0.25, 0.3) is 0 Å². The third kappa shape index (κ3) is 3.92. The van der Waals surface area contributed by atoms with Crippen molar-refractivity contribution in [1.82, 2.24) is 0 Å². The van der Waals surface area contributed by atoms with Crippen molar-refractivity contribution < 1.29 is 19.0 Å². The van der Waals surface area contributed by atoms with Crippen LogP contribution in [0.2, 0.25) is 0 Å². The molecule has 0 radical (unpaired) electrons. The zero-order valence-electron chi connectivity index (χ0n) is 11.1. The van der Waals surface area contributed by atoms with Gasteiger partial charge < -0.3 is 9.84 Å². The van der Waals surface area contributed by atoms with E-state index in [0.717, 1.165) is 6.08 Å². The third-order valence-electron chi connectivity index (χ3n) is 2.75. The number of benzene rings is 2. The van der Waals surface area contributed by atoms with Crippen molar-refractivity contribution >= 4 is 28.0 Å². The lowest BCUT2D eigenvalue weighted by Gasteiger charge is -2.10. The molecule has 0 aliphatic heterocycles. The highest BCUT2D eigenvalue weighted by atomic mass is 79.9. The van der Waals surface area contributed by atoms with Crippen LogP contribution in [0.4, 0.5) is 4.39 Å². The van der Waals surface area contributed by atoms with Crippen LogP contribution in [0.15, 0.2) is 46.9 Å². The first kappa shape index (κ1) is 15.3. The summed E-state index contributed by atoms with van der Waals surface area (Å²) < 4.78 is 20.0. The van der Waals surface area contributed by atoms with Gasteiger partial charge in [0.1, 0.15) is 5.75 Å². The molecule has 0 fully saturated rings. The van der Waals surface area contributed by atoms with E-state index in [1.807, 2.05) is 0 Å². The average molecular weight is 351 g/mol. The molecule has 2 aromatic carbocycles. The molecular weight excluding hydrogens is 339 g/mol. The van der Waals surface area contributed by atoms with Gasteiger partial charge in [0.2, 0.25) is 0 Å². The highest BCUT2D eigenvalue weighted by molar-refractivity contribution is 9.10. The maximum Gasteiger partial charge on any atom is 0.328 e. The Morgan fingerprint density at radius 1 is 1.29 bits per heavy atom. The first-order chi connectivity index (χ1) is 9.97. The van der Waals surface area contributed by atoms with Crippen LogP contribution >= 0.6 is 15.9 Å². The number of ether oxygens (including phenoxy) is 1. The molecule has 0 spiro atoms. The van der Waals surface area contributed by atoms with Crippen molar-refractivity contribution in [1.29, 1.82) is 0 Å². The van der Waals surface area contributed by atoms with Crippen molar-refractivity contribution in [2.45, 2.75) is 6.92 Å². The Labute approximate surface area is 129 Å². The average Bonchev–Trinajstić information content (AvgIpc) is 2.44. The molecule has 0 atom stereocenters. The van der Waals surface area contributed by atoms with Gasteiger partial charge in [-0.1, -0.05) is 18.2 Å². The van der Waals surface area contributed by atoms with E-state index < -0.39 is 11.8 Å². The molecular formula is C16H12BrFO3. The number of halogens is 2. The summed E-state index contributed by atoms with van der Waals surface area (Å²) in [6, 6.07) is 9.96. The van der Waals surface area contributed by atoms with Crippen LogP contribution in [0.25, 0.3) is 6.08 Å². The summed E-state index contributed by atoms with van der Waals surface area (Å²) in [6.45, 7) is 1.66. The molecule has 0 aliphatic rings. The maximum atomic E-state index is 13.9. The fourth-order valence-corrected chi connectivity index (χ4v) is 2.17. The number of hydrogen-bond acceptors (Lipinski definition) is 2. The predicted molar refractivity (Wildman–Crippen MR) is 82.0 cm³/mol. The minimum absolute atomic E-state index is 0.143. The molecule has 0 heterocycles.